The van der Waals surface area contributed by atoms with Gasteiger partial charge in [-0.1, -0.05) is 0 Å². The summed E-state index contributed by atoms with van der Waals surface area (Å²) in [4.78, 5) is 10.2. The Balaban J connectivity index is 3.22. The molecule has 0 saturated heterocycles. The summed E-state index contributed by atoms with van der Waals surface area (Å²) >= 11 is 0. The Hall–Kier alpha value is -0.610. The highest BCUT2D eigenvalue weighted by molar-refractivity contribution is 5.75. The van der Waals surface area contributed by atoms with E-state index in [0.29, 0.717) is 13.0 Å². The Kier molecular flexibility index (Phi) is 4.07. The molecule has 0 aromatic carbocycles. The smallest absolute Gasteiger partial charge is 0.231 e. The van der Waals surface area contributed by atoms with Crippen LogP contribution in [0.5, 0.6) is 0 Å². The molecule has 0 atom stereocenters. The van der Waals surface area contributed by atoms with Gasteiger partial charge in [-0.25, -0.2) is 0 Å². The first kappa shape index (κ1) is 10.4. The lowest BCUT2D eigenvalue weighted by Crippen LogP contribution is -2.32. The fourth-order valence-corrected chi connectivity index (χ4v) is 0.606. The number of amides is 1. The Labute approximate surface area is 66.8 Å². The molecule has 0 aliphatic carbocycles. The highest BCUT2D eigenvalue weighted by atomic mass is 16.3. The van der Waals surface area contributed by atoms with Gasteiger partial charge in [0.1, 0.15) is 0 Å². The fourth-order valence-electron chi connectivity index (χ4n) is 0.606. The molecule has 4 nitrogen and oxygen atoms in total. The van der Waals surface area contributed by atoms with E-state index in [1.807, 2.05) is 0 Å². The summed E-state index contributed by atoms with van der Waals surface area (Å²) in [6.07, 6.45) is 0.611. The molecule has 0 radical (unpaired) electrons. The standard InChI is InChI=1S/C7H16N2O2/c1-7(2,11)3-4-9-5-6(8)10/h9,11H,3-5H2,1-2H3,(H2,8,10). The van der Waals surface area contributed by atoms with Crippen LogP contribution in [0.4, 0.5) is 0 Å². The third-order valence-electron chi connectivity index (χ3n) is 1.21. The lowest BCUT2D eigenvalue weighted by atomic mass is 10.1. The van der Waals surface area contributed by atoms with Crippen LogP contribution >= 0.6 is 0 Å². The average molecular weight is 160 g/mol. The van der Waals surface area contributed by atoms with Gasteiger partial charge in [-0.05, 0) is 26.8 Å². The molecule has 0 rings (SSSR count). The highest BCUT2D eigenvalue weighted by Gasteiger charge is 2.10. The quantitative estimate of drug-likeness (QED) is 0.462. The van der Waals surface area contributed by atoms with Crippen molar-refractivity contribution in [2.24, 2.45) is 5.73 Å². The van der Waals surface area contributed by atoms with Gasteiger partial charge in [0.25, 0.3) is 0 Å². The number of rotatable bonds is 5. The summed E-state index contributed by atoms with van der Waals surface area (Å²) in [6, 6.07) is 0. The van der Waals surface area contributed by atoms with Crippen molar-refractivity contribution >= 4 is 5.91 Å². The number of hydrogen-bond donors (Lipinski definition) is 3. The van der Waals surface area contributed by atoms with Crippen LogP contribution in [0.25, 0.3) is 0 Å². The van der Waals surface area contributed by atoms with Gasteiger partial charge in [-0.3, -0.25) is 4.79 Å². The Morgan fingerprint density at radius 3 is 2.55 bits per heavy atom. The first-order valence-electron chi connectivity index (χ1n) is 3.63. The predicted molar refractivity (Wildman–Crippen MR) is 43.0 cm³/mol. The number of hydrogen-bond acceptors (Lipinski definition) is 3. The normalized spacial score (nSPS) is 11.5. The second kappa shape index (κ2) is 4.31. The fraction of sp³-hybridized carbons (Fsp3) is 0.857. The second-order valence-corrected chi connectivity index (χ2v) is 3.21. The van der Waals surface area contributed by atoms with Crippen molar-refractivity contribution < 1.29 is 9.90 Å². The summed E-state index contributed by atoms with van der Waals surface area (Å²) in [6.45, 7) is 4.22. The number of carbonyl (C=O) groups is 1. The minimum atomic E-state index is -0.676. The van der Waals surface area contributed by atoms with E-state index in [1.165, 1.54) is 0 Å². The third-order valence-corrected chi connectivity index (χ3v) is 1.21. The summed E-state index contributed by atoms with van der Waals surface area (Å²) in [5.41, 5.74) is 4.20. The Morgan fingerprint density at radius 2 is 2.18 bits per heavy atom. The van der Waals surface area contributed by atoms with E-state index in [9.17, 15) is 9.90 Å². The van der Waals surface area contributed by atoms with Crippen LogP contribution in [-0.2, 0) is 4.79 Å². The van der Waals surface area contributed by atoms with Crippen LogP contribution in [0.2, 0.25) is 0 Å². The largest absolute Gasteiger partial charge is 0.390 e. The lowest BCUT2D eigenvalue weighted by molar-refractivity contribution is -0.117. The van der Waals surface area contributed by atoms with Crippen LogP contribution < -0.4 is 11.1 Å². The molecule has 0 saturated carbocycles. The van der Waals surface area contributed by atoms with Gasteiger partial charge in [-0.15, -0.1) is 0 Å². The van der Waals surface area contributed by atoms with Gasteiger partial charge in [0, 0.05) is 0 Å². The molecule has 0 aromatic heterocycles. The Bertz CT molecular complexity index is 129. The summed E-state index contributed by atoms with van der Waals surface area (Å²) in [5, 5.41) is 12.0. The van der Waals surface area contributed by atoms with Gasteiger partial charge >= 0.3 is 0 Å². The third kappa shape index (κ3) is 9.39. The zero-order valence-corrected chi connectivity index (χ0v) is 7.05. The first-order chi connectivity index (χ1) is 4.92. The minimum Gasteiger partial charge on any atom is -0.390 e. The molecule has 0 aliphatic rings. The number of aliphatic hydroxyl groups is 1. The first-order valence-corrected chi connectivity index (χ1v) is 3.63. The molecule has 4 N–H and O–H groups in total. The highest BCUT2D eigenvalue weighted by Crippen LogP contribution is 2.04. The number of nitrogens with two attached hydrogens (primary N) is 1. The van der Waals surface area contributed by atoms with E-state index in [4.69, 9.17) is 5.73 Å². The maximum absolute atomic E-state index is 10.2. The van der Waals surface area contributed by atoms with E-state index >= 15 is 0 Å². The molecule has 0 bridgehead atoms. The average Bonchev–Trinajstić information content (AvgIpc) is 1.78. The van der Waals surface area contributed by atoms with Gasteiger partial charge in [0.05, 0.1) is 12.1 Å². The number of nitrogens with one attached hydrogen (secondary N) is 1. The van der Waals surface area contributed by atoms with Crippen molar-refractivity contribution in [3.63, 3.8) is 0 Å². The van der Waals surface area contributed by atoms with Gasteiger partial charge in [0.15, 0.2) is 0 Å². The van der Waals surface area contributed by atoms with Crippen LogP contribution in [0, 0.1) is 0 Å². The molecule has 11 heavy (non-hydrogen) atoms. The van der Waals surface area contributed by atoms with Gasteiger partial charge in [0.2, 0.25) is 5.91 Å². The van der Waals surface area contributed by atoms with Crippen molar-refractivity contribution in [1.82, 2.24) is 5.32 Å². The maximum Gasteiger partial charge on any atom is 0.231 e. The van der Waals surface area contributed by atoms with Crippen molar-refractivity contribution in [2.75, 3.05) is 13.1 Å². The predicted octanol–water partition coefficient (Wildman–Crippen LogP) is -0.778. The minimum absolute atomic E-state index is 0.177. The number of carbonyl (C=O) groups excluding carboxylic acids is 1. The van der Waals surface area contributed by atoms with E-state index in [0.717, 1.165) is 0 Å². The van der Waals surface area contributed by atoms with E-state index in [2.05, 4.69) is 5.32 Å². The van der Waals surface area contributed by atoms with Crippen LogP contribution in [0.15, 0.2) is 0 Å². The topological polar surface area (TPSA) is 75.3 Å². The SMILES string of the molecule is CC(C)(O)CCNCC(N)=O. The lowest BCUT2D eigenvalue weighted by Gasteiger charge is -2.16. The molecule has 66 valence electrons. The van der Waals surface area contributed by atoms with Gasteiger partial charge < -0.3 is 16.2 Å². The van der Waals surface area contributed by atoms with Gasteiger partial charge in [-0.2, -0.15) is 0 Å². The molecule has 0 fully saturated rings. The van der Waals surface area contributed by atoms with E-state index in [-0.39, 0.29) is 12.5 Å². The van der Waals surface area contributed by atoms with Crippen LogP contribution in [0.3, 0.4) is 0 Å². The molecule has 0 unspecified atom stereocenters. The molecular weight excluding hydrogens is 144 g/mol. The maximum atomic E-state index is 10.2. The molecule has 0 heterocycles. The molecule has 0 spiro atoms. The summed E-state index contributed by atoms with van der Waals surface area (Å²) in [5.74, 6) is -0.374. The Morgan fingerprint density at radius 1 is 1.64 bits per heavy atom. The molecule has 0 aliphatic heterocycles. The van der Waals surface area contributed by atoms with Crippen molar-refractivity contribution in [1.29, 1.82) is 0 Å². The molecule has 0 aromatic rings. The summed E-state index contributed by atoms with van der Waals surface area (Å²) in [7, 11) is 0. The van der Waals surface area contributed by atoms with E-state index < -0.39 is 5.60 Å². The zero-order chi connectivity index (χ0) is 8.91. The van der Waals surface area contributed by atoms with Crippen molar-refractivity contribution in [3.05, 3.63) is 0 Å². The van der Waals surface area contributed by atoms with Crippen molar-refractivity contribution in [3.8, 4) is 0 Å². The summed E-state index contributed by atoms with van der Waals surface area (Å²) < 4.78 is 0. The monoisotopic (exact) mass is 160 g/mol. The molecule has 4 heteroatoms. The molecular formula is C7H16N2O2. The van der Waals surface area contributed by atoms with Crippen molar-refractivity contribution in [2.45, 2.75) is 25.9 Å². The van der Waals surface area contributed by atoms with Crippen LogP contribution in [-0.4, -0.2) is 29.7 Å². The number of primary amides is 1. The van der Waals surface area contributed by atoms with E-state index in [1.54, 1.807) is 13.8 Å². The van der Waals surface area contributed by atoms with Crippen LogP contribution in [0.1, 0.15) is 20.3 Å². The molecule has 1 amide bonds. The zero-order valence-electron chi connectivity index (χ0n) is 7.05. The second-order valence-electron chi connectivity index (χ2n) is 3.21.